The molecule has 2 heterocycles. The molecular formula is C21H25N5O4S. The molecule has 1 aliphatic rings. The van der Waals surface area contributed by atoms with Crippen molar-refractivity contribution in [2.45, 2.75) is 37.6 Å². The highest BCUT2D eigenvalue weighted by Gasteiger charge is 2.30. The van der Waals surface area contributed by atoms with E-state index in [0.717, 1.165) is 48.7 Å². The summed E-state index contributed by atoms with van der Waals surface area (Å²) in [5.74, 6) is 0.925. The number of para-hydroxylation sites is 2. The largest absolute Gasteiger partial charge is 0.384 e. The average molecular weight is 444 g/mol. The second-order valence-corrected chi connectivity index (χ2v) is 9.53. The molecular weight excluding hydrogens is 418 g/mol. The highest BCUT2D eigenvalue weighted by molar-refractivity contribution is 7.89. The van der Waals surface area contributed by atoms with Gasteiger partial charge in [-0.3, -0.25) is 10.1 Å². The predicted octanol–water partition coefficient (Wildman–Crippen LogP) is 3.54. The van der Waals surface area contributed by atoms with Crippen LogP contribution in [0.4, 0.5) is 11.4 Å². The monoisotopic (exact) mass is 443 g/mol. The van der Waals surface area contributed by atoms with Gasteiger partial charge in [-0.25, -0.2) is 13.4 Å². The van der Waals surface area contributed by atoms with Crippen LogP contribution in [0.3, 0.4) is 0 Å². The van der Waals surface area contributed by atoms with Gasteiger partial charge in [0.15, 0.2) is 0 Å². The van der Waals surface area contributed by atoms with Gasteiger partial charge in [0, 0.05) is 38.3 Å². The number of aromatic nitrogens is 2. The number of fused-ring (bicyclic) bond motifs is 1. The van der Waals surface area contributed by atoms with Crippen molar-refractivity contribution in [3.05, 3.63) is 58.4 Å². The summed E-state index contributed by atoms with van der Waals surface area (Å²) in [6.45, 7) is 4.09. The molecule has 164 valence electrons. The summed E-state index contributed by atoms with van der Waals surface area (Å²) in [5, 5.41) is 14.4. The zero-order chi connectivity index (χ0) is 22.0. The van der Waals surface area contributed by atoms with Crippen LogP contribution < -0.4 is 5.32 Å². The first kappa shape index (κ1) is 21.3. The molecule has 0 atom stereocenters. The van der Waals surface area contributed by atoms with E-state index in [1.165, 1.54) is 16.4 Å². The molecule has 1 saturated heterocycles. The summed E-state index contributed by atoms with van der Waals surface area (Å²) in [4.78, 5) is 15.2. The van der Waals surface area contributed by atoms with Gasteiger partial charge in [-0.2, -0.15) is 4.31 Å². The third-order valence-corrected chi connectivity index (χ3v) is 7.52. The van der Waals surface area contributed by atoms with Crippen LogP contribution in [0.2, 0.25) is 0 Å². The van der Waals surface area contributed by atoms with Crippen LogP contribution >= 0.6 is 0 Å². The Labute approximate surface area is 180 Å². The van der Waals surface area contributed by atoms with Gasteiger partial charge in [0.1, 0.15) is 10.7 Å². The van der Waals surface area contributed by atoms with Crippen molar-refractivity contribution in [3.63, 3.8) is 0 Å². The quantitative estimate of drug-likeness (QED) is 0.324. The molecule has 0 aliphatic carbocycles. The fraction of sp³-hybridized carbons (Fsp3) is 0.381. The number of nitro groups is 1. The highest BCUT2D eigenvalue weighted by Crippen LogP contribution is 2.30. The van der Waals surface area contributed by atoms with E-state index >= 15 is 0 Å². The normalized spacial score (nSPS) is 14.9. The number of benzene rings is 2. The Balaban J connectivity index is 1.51. The van der Waals surface area contributed by atoms with Gasteiger partial charge in [0.25, 0.3) is 5.69 Å². The van der Waals surface area contributed by atoms with E-state index in [1.807, 2.05) is 31.2 Å². The molecule has 0 radical (unpaired) electrons. The molecule has 4 rings (SSSR count). The lowest BCUT2D eigenvalue weighted by Crippen LogP contribution is -2.28. The van der Waals surface area contributed by atoms with Gasteiger partial charge in [-0.05, 0) is 44.4 Å². The molecule has 0 unspecified atom stereocenters. The molecule has 0 spiro atoms. The number of sulfonamides is 1. The van der Waals surface area contributed by atoms with Crippen molar-refractivity contribution in [2.24, 2.45) is 0 Å². The second-order valence-electron chi connectivity index (χ2n) is 7.63. The predicted molar refractivity (Wildman–Crippen MR) is 119 cm³/mol. The average Bonchev–Trinajstić information content (AvgIpc) is 3.39. The number of hydrogen-bond donors (Lipinski definition) is 1. The topological polar surface area (TPSA) is 110 Å². The van der Waals surface area contributed by atoms with Crippen LogP contribution in [-0.4, -0.2) is 46.8 Å². The van der Waals surface area contributed by atoms with Crippen molar-refractivity contribution < 1.29 is 13.3 Å². The van der Waals surface area contributed by atoms with E-state index in [2.05, 4.69) is 14.9 Å². The van der Waals surface area contributed by atoms with Gasteiger partial charge in [-0.15, -0.1) is 0 Å². The van der Waals surface area contributed by atoms with Crippen molar-refractivity contribution >= 4 is 32.4 Å². The van der Waals surface area contributed by atoms with Crippen LogP contribution in [0.25, 0.3) is 11.0 Å². The van der Waals surface area contributed by atoms with Gasteiger partial charge >= 0.3 is 0 Å². The van der Waals surface area contributed by atoms with E-state index in [9.17, 15) is 18.5 Å². The van der Waals surface area contributed by atoms with E-state index in [-0.39, 0.29) is 10.6 Å². The van der Waals surface area contributed by atoms with E-state index < -0.39 is 14.9 Å². The lowest BCUT2D eigenvalue weighted by atomic mass is 10.2. The fourth-order valence-corrected chi connectivity index (χ4v) is 5.69. The number of nitrogens with zero attached hydrogens (tertiary/aromatic N) is 4. The summed E-state index contributed by atoms with van der Waals surface area (Å²) in [7, 11) is -3.79. The number of nitro benzene ring substituents is 1. The number of aryl methyl sites for hydroxylation is 2. The van der Waals surface area contributed by atoms with Crippen LogP contribution in [0.1, 0.15) is 25.1 Å². The first-order valence-electron chi connectivity index (χ1n) is 10.3. The third-order valence-electron chi connectivity index (χ3n) is 5.58. The molecule has 0 amide bonds. The van der Waals surface area contributed by atoms with Crippen LogP contribution in [0, 0.1) is 17.0 Å². The maximum atomic E-state index is 13.1. The maximum Gasteiger partial charge on any atom is 0.270 e. The molecule has 3 aromatic rings. The molecule has 2 aromatic carbocycles. The number of rotatable bonds is 8. The van der Waals surface area contributed by atoms with Gasteiger partial charge in [-0.1, -0.05) is 12.1 Å². The minimum atomic E-state index is -3.79. The Morgan fingerprint density at radius 1 is 1.16 bits per heavy atom. The smallest absolute Gasteiger partial charge is 0.270 e. The van der Waals surface area contributed by atoms with Crippen molar-refractivity contribution in [1.29, 1.82) is 0 Å². The van der Waals surface area contributed by atoms with E-state index in [4.69, 9.17) is 0 Å². The molecule has 31 heavy (non-hydrogen) atoms. The maximum absolute atomic E-state index is 13.1. The second kappa shape index (κ2) is 8.64. The molecule has 0 saturated carbocycles. The van der Waals surface area contributed by atoms with Crippen molar-refractivity contribution in [2.75, 3.05) is 25.0 Å². The van der Waals surface area contributed by atoms with Crippen LogP contribution in [0.15, 0.2) is 47.4 Å². The SMILES string of the molecule is Cc1nc2ccccc2n1CCCNc1ccc([N+](=O)[O-])cc1S(=O)(=O)N1CCCC1. The van der Waals surface area contributed by atoms with Crippen LogP contribution in [0.5, 0.6) is 0 Å². The first-order chi connectivity index (χ1) is 14.9. The van der Waals surface area contributed by atoms with E-state index in [0.29, 0.717) is 25.3 Å². The van der Waals surface area contributed by atoms with Crippen LogP contribution in [-0.2, 0) is 16.6 Å². The zero-order valence-corrected chi connectivity index (χ0v) is 18.1. The molecule has 1 aliphatic heterocycles. The molecule has 9 nitrogen and oxygen atoms in total. The Kier molecular flexibility index (Phi) is 5.92. The summed E-state index contributed by atoms with van der Waals surface area (Å²) in [6, 6.07) is 11.9. The minimum absolute atomic E-state index is 0.0344. The first-order valence-corrected chi connectivity index (χ1v) is 11.8. The summed E-state index contributed by atoms with van der Waals surface area (Å²) in [6.07, 6.45) is 2.34. The molecule has 1 fully saturated rings. The Morgan fingerprint density at radius 2 is 1.90 bits per heavy atom. The lowest BCUT2D eigenvalue weighted by molar-refractivity contribution is -0.385. The van der Waals surface area contributed by atoms with Crippen molar-refractivity contribution in [1.82, 2.24) is 13.9 Å². The molecule has 1 N–H and O–H groups in total. The fourth-order valence-electron chi connectivity index (χ4n) is 3.99. The standard InChI is InChI=1S/C21H25N5O4S/c1-16-23-18-7-2-3-8-20(18)25(16)14-6-11-22-19-10-9-17(26(27)28)15-21(19)31(29,30)24-12-4-5-13-24/h2-3,7-10,15,22H,4-6,11-14H2,1H3. The highest BCUT2D eigenvalue weighted by atomic mass is 32.2. The van der Waals surface area contributed by atoms with Gasteiger partial charge < -0.3 is 9.88 Å². The third kappa shape index (κ3) is 4.26. The summed E-state index contributed by atoms with van der Waals surface area (Å²) < 4.78 is 29.7. The molecule has 1 aromatic heterocycles. The van der Waals surface area contributed by atoms with E-state index in [1.54, 1.807) is 0 Å². The minimum Gasteiger partial charge on any atom is -0.384 e. The Bertz CT molecular complexity index is 1220. The van der Waals surface area contributed by atoms with Gasteiger partial charge in [0.05, 0.1) is 21.6 Å². The van der Waals surface area contributed by atoms with Gasteiger partial charge in [0.2, 0.25) is 10.0 Å². The number of nitrogens with one attached hydrogen (secondary N) is 1. The molecule has 0 bridgehead atoms. The lowest BCUT2D eigenvalue weighted by Gasteiger charge is -2.19. The number of hydrogen-bond acceptors (Lipinski definition) is 6. The zero-order valence-electron chi connectivity index (χ0n) is 17.3. The summed E-state index contributed by atoms with van der Waals surface area (Å²) >= 11 is 0. The number of non-ortho nitro benzene ring substituents is 1. The Hall–Kier alpha value is -2.98. The number of anilines is 1. The summed E-state index contributed by atoms with van der Waals surface area (Å²) in [5.41, 5.74) is 2.17. The van der Waals surface area contributed by atoms with Crippen molar-refractivity contribution in [3.8, 4) is 0 Å². The molecule has 10 heteroatoms. The Morgan fingerprint density at radius 3 is 2.65 bits per heavy atom. The number of imidazole rings is 1.